The summed E-state index contributed by atoms with van der Waals surface area (Å²) in [4.78, 5) is 24.4. The lowest BCUT2D eigenvalue weighted by Gasteiger charge is -2.33. The first-order valence-corrected chi connectivity index (χ1v) is 6.23. The molecule has 4 nitrogen and oxygen atoms in total. The van der Waals surface area contributed by atoms with Gasteiger partial charge in [-0.3, -0.25) is 4.79 Å². The van der Waals surface area contributed by atoms with Gasteiger partial charge in [-0.1, -0.05) is 27.7 Å². The third-order valence-electron chi connectivity index (χ3n) is 2.69. The van der Waals surface area contributed by atoms with Crippen LogP contribution in [0.3, 0.4) is 0 Å². The van der Waals surface area contributed by atoms with E-state index >= 15 is 0 Å². The topological polar surface area (TPSA) is 46.6 Å². The highest BCUT2D eigenvalue weighted by molar-refractivity contribution is 8.00. The Balaban J connectivity index is 2.97. The minimum absolute atomic E-state index is 0.0177. The van der Waals surface area contributed by atoms with Crippen LogP contribution in [0.25, 0.3) is 0 Å². The van der Waals surface area contributed by atoms with Crippen LogP contribution >= 0.6 is 11.8 Å². The number of methoxy groups -OCH3 is 1. The van der Waals surface area contributed by atoms with E-state index in [4.69, 9.17) is 4.74 Å². The number of esters is 1. The van der Waals surface area contributed by atoms with E-state index in [9.17, 15) is 9.59 Å². The lowest BCUT2D eigenvalue weighted by atomic mass is 9.95. The summed E-state index contributed by atoms with van der Waals surface area (Å²) in [6.07, 6.45) is 0.758. The van der Waals surface area contributed by atoms with Gasteiger partial charge in [-0.2, -0.15) is 0 Å². The summed E-state index contributed by atoms with van der Waals surface area (Å²) in [5.74, 6) is -0.334. The van der Waals surface area contributed by atoms with Crippen molar-refractivity contribution in [2.75, 3.05) is 7.11 Å². The monoisotopic (exact) mass is 245 g/mol. The molecule has 1 fully saturated rings. The molecule has 0 aliphatic carbocycles. The van der Waals surface area contributed by atoms with Crippen LogP contribution < -0.4 is 0 Å². The zero-order valence-corrected chi connectivity index (χ0v) is 11.2. The molecule has 0 radical (unpaired) electrons. The normalized spacial score (nSPS) is 30.3. The molecule has 1 saturated heterocycles. The number of carbonyl (C=O) groups is 2. The van der Waals surface area contributed by atoms with Gasteiger partial charge in [0.25, 0.3) is 0 Å². The second kappa shape index (κ2) is 4.65. The van der Waals surface area contributed by atoms with Crippen molar-refractivity contribution in [1.29, 1.82) is 0 Å². The molecule has 3 atom stereocenters. The van der Waals surface area contributed by atoms with Crippen molar-refractivity contribution >= 4 is 24.1 Å². The smallest absolute Gasteiger partial charge is 0.329 e. The van der Waals surface area contributed by atoms with Gasteiger partial charge in [0.2, 0.25) is 6.41 Å². The Morgan fingerprint density at radius 1 is 1.44 bits per heavy atom. The van der Waals surface area contributed by atoms with Gasteiger partial charge in [-0.15, -0.1) is 11.8 Å². The molecular formula is C11H19NO3S. The first kappa shape index (κ1) is 13.4. The number of carbonyl (C=O) groups excluding carboxylic acids is 2. The summed E-state index contributed by atoms with van der Waals surface area (Å²) in [6, 6.07) is -0.461. The van der Waals surface area contributed by atoms with E-state index in [1.807, 2.05) is 6.92 Å². The predicted octanol–water partition coefficient (Wildman–Crippen LogP) is 1.49. The van der Waals surface area contributed by atoms with E-state index < -0.39 is 6.04 Å². The molecule has 0 saturated carbocycles. The molecule has 5 heteroatoms. The second-order valence-electron chi connectivity index (χ2n) is 5.08. The van der Waals surface area contributed by atoms with Crippen molar-refractivity contribution in [3.8, 4) is 0 Å². The summed E-state index contributed by atoms with van der Waals surface area (Å²) < 4.78 is 4.74. The molecule has 1 amide bonds. The maximum Gasteiger partial charge on any atom is 0.329 e. The maximum atomic E-state index is 11.6. The van der Waals surface area contributed by atoms with Crippen LogP contribution in [0.1, 0.15) is 27.7 Å². The molecule has 0 N–H and O–H groups in total. The molecule has 92 valence electrons. The molecule has 16 heavy (non-hydrogen) atoms. The number of nitrogens with zero attached hydrogens (tertiary/aromatic N) is 1. The molecule has 1 aliphatic rings. The highest BCUT2D eigenvalue weighted by Crippen LogP contribution is 2.43. The van der Waals surface area contributed by atoms with E-state index in [1.165, 1.54) is 7.11 Å². The van der Waals surface area contributed by atoms with Crippen LogP contribution in [0.5, 0.6) is 0 Å². The van der Waals surface area contributed by atoms with Crippen molar-refractivity contribution in [3.05, 3.63) is 0 Å². The van der Waals surface area contributed by atoms with Gasteiger partial charge in [0.1, 0.15) is 6.04 Å². The number of ether oxygens (including phenoxy) is 1. The fourth-order valence-electron chi connectivity index (χ4n) is 1.94. The highest BCUT2D eigenvalue weighted by atomic mass is 32.2. The summed E-state index contributed by atoms with van der Waals surface area (Å²) in [7, 11) is 1.35. The number of hydrogen-bond donors (Lipinski definition) is 0. The summed E-state index contributed by atoms with van der Waals surface area (Å²) in [5, 5.41) is 0.0889. The van der Waals surface area contributed by atoms with Crippen molar-refractivity contribution in [3.63, 3.8) is 0 Å². The maximum absolute atomic E-state index is 11.6. The summed E-state index contributed by atoms with van der Waals surface area (Å²) in [5.41, 5.74) is -0.0530. The van der Waals surface area contributed by atoms with E-state index in [-0.39, 0.29) is 22.0 Å². The standard InChI is InChI=1S/C11H19NO3S/c1-7-8(9(14)15-5)12(6-13)10(16-7)11(2,3)4/h6-8,10H,1-5H3/t7-,8+,10-/m1/s1. The molecule has 1 aliphatic heterocycles. The van der Waals surface area contributed by atoms with Gasteiger partial charge in [0.15, 0.2) is 0 Å². The molecule has 0 spiro atoms. The molecule has 1 heterocycles. The molecule has 0 aromatic heterocycles. The van der Waals surface area contributed by atoms with Gasteiger partial charge in [0.05, 0.1) is 12.5 Å². The van der Waals surface area contributed by atoms with Gasteiger partial charge >= 0.3 is 5.97 Å². The van der Waals surface area contributed by atoms with E-state index in [1.54, 1.807) is 16.7 Å². The zero-order valence-electron chi connectivity index (χ0n) is 10.4. The first-order valence-electron chi connectivity index (χ1n) is 5.29. The summed E-state index contributed by atoms with van der Waals surface area (Å²) >= 11 is 1.65. The Kier molecular flexibility index (Phi) is 3.88. The van der Waals surface area contributed by atoms with Crippen LogP contribution in [0, 0.1) is 5.41 Å². The quantitative estimate of drug-likeness (QED) is 0.546. The fourth-order valence-corrected chi connectivity index (χ4v) is 3.48. The Bertz CT molecular complexity index is 287. The first-order chi connectivity index (χ1) is 7.32. The van der Waals surface area contributed by atoms with Gasteiger partial charge in [-0.05, 0) is 5.41 Å². The van der Waals surface area contributed by atoms with Crippen LogP contribution in [-0.2, 0) is 14.3 Å². The molecule has 0 aromatic carbocycles. The van der Waals surface area contributed by atoms with Crippen molar-refractivity contribution in [2.45, 2.75) is 44.4 Å². The summed E-state index contributed by atoms with van der Waals surface area (Å²) in [6.45, 7) is 8.14. The van der Waals surface area contributed by atoms with Gasteiger partial charge in [-0.25, -0.2) is 4.79 Å². The third-order valence-corrected chi connectivity index (χ3v) is 4.58. The second-order valence-corrected chi connectivity index (χ2v) is 6.54. The van der Waals surface area contributed by atoms with E-state index in [2.05, 4.69) is 20.8 Å². The number of amides is 1. The van der Waals surface area contributed by atoms with Crippen molar-refractivity contribution in [1.82, 2.24) is 4.90 Å². The van der Waals surface area contributed by atoms with Crippen LogP contribution in [-0.4, -0.2) is 41.1 Å². The van der Waals surface area contributed by atoms with Crippen molar-refractivity contribution < 1.29 is 14.3 Å². The van der Waals surface area contributed by atoms with Crippen LogP contribution in [0.15, 0.2) is 0 Å². The van der Waals surface area contributed by atoms with E-state index in [0.717, 1.165) is 6.41 Å². The average Bonchev–Trinajstić information content (AvgIpc) is 2.53. The zero-order chi connectivity index (χ0) is 12.5. The number of hydrogen-bond acceptors (Lipinski definition) is 4. The van der Waals surface area contributed by atoms with Crippen LogP contribution in [0.4, 0.5) is 0 Å². The minimum atomic E-state index is -0.461. The Morgan fingerprint density at radius 2 is 2.00 bits per heavy atom. The highest BCUT2D eigenvalue weighted by Gasteiger charge is 2.47. The van der Waals surface area contributed by atoms with Crippen molar-refractivity contribution in [2.24, 2.45) is 5.41 Å². The fraction of sp³-hybridized carbons (Fsp3) is 0.818. The Labute approximate surface area is 101 Å². The lowest BCUT2D eigenvalue weighted by molar-refractivity contribution is -0.149. The van der Waals surface area contributed by atoms with Gasteiger partial charge < -0.3 is 9.64 Å². The van der Waals surface area contributed by atoms with E-state index in [0.29, 0.717) is 0 Å². The lowest BCUT2D eigenvalue weighted by Crippen LogP contribution is -2.46. The number of thioether (sulfide) groups is 1. The van der Waals surface area contributed by atoms with Crippen LogP contribution in [0.2, 0.25) is 0 Å². The third kappa shape index (κ3) is 2.34. The average molecular weight is 245 g/mol. The minimum Gasteiger partial charge on any atom is -0.467 e. The molecule has 1 rings (SSSR count). The molecule has 0 unspecified atom stereocenters. The SMILES string of the molecule is COC(=O)[C@@H]1[C@@H](C)S[C@H](C(C)(C)C)N1C=O. The predicted molar refractivity (Wildman–Crippen MR) is 64.0 cm³/mol. The Morgan fingerprint density at radius 3 is 2.38 bits per heavy atom. The van der Waals surface area contributed by atoms with Gasteiger partial charge in [0, 0.05) is 5.25 Å². The largest absolute Gasteiger partial charge is 0.467 e. The molecule has 0 aromatic rings. The molecule has 0 bridgehead atoms. The Hall–Kier alpha value is -0.710. The molecular weight excluding hydrogens is 226 g/mol. The number of rotatable bonds is 2.